The van der Waals surface area contributed by atoms with Crippen LogP contribution in [0.15, 0.2) is 42.5 Å². The number of hydrogen-bond acceptors (Lipinski definition) is 2. The Morgan fingerprint density at radius 2 is 1.79 bits per heavy atom. The molecular formula is C15H11FO3. The van der Waals surface area contributed by atoms with Gasteiger partial charge >= 0.3 is 5.97 Å². The Morgan fingerprint density at radius 1 is 1.11 bits per heavy atom. The second-order valence-electron chi connectivity index (χ2n) is 3.94. The average Bonchev–Trinajstić information content (AvgIpc) is 2.40. The van der Waals surface area contributed by atoms with E-state index in [2.05, 4.69) is 0 Å². The molecule has 2 aromatic carbocycles. The van der Waals surface area contributed by atoms with Gasteiger partial charge in [-0.2, -0.15) is 0 Å². The number of aromatic hydroxyl groups is 1. The van der Waals surface area contributed by atoms with Crippen LogP contribution in [0.2, 0.25) is 0 Å². The van der Waals surface area contributed by atoms with Gasteiger partial charge in [-0.05, 0) is 17.7 Å². The normalized spacial score (nSPS) is 10.8. The Morgan fingerprint density at radius 3 is 2.42 bits per heavy atom. The third-order valence-corrected chi connectivity index (χ3v) is 2.59. The van der Waals surface area contributed by atoms with Gasteiger partial charge in [-0.1, -0.05) is 42.5 Å². The van der Waals surface area contributed by atoms with Gasteiger partial charge in [0.2, 0.25) is 0 Å². The van der Waals surface area contributed by atoms with Crippen molar-refractivity contribution in [2.75, 3.05) is 0 Å². The third kappa shape index (κ3) is 2.98. The first-order valence-electron chi connectivity index (χ1n) is 5.57. The number of benzene rings is 2. The van der Waals surface area contributed by atoms with E-state index >= 15 is 0 Å². The van der Waals surface area contributed by atoms with Crippen molar-refractivity contribution in [3.63, 3.8) is 0 Å². The van der Waals surface area contributed by atoms with Crippen LogP contribution in [0.1, 0.15) is 21.5 Å². The summed E-state index contributed by atoms with van der Waals surface area (Å²) in [6.07, 6.45) is 3.14. The topological polar surface area (TPSA) is 57.5 Å². The molecule has 2 aromatic rings. The maximum atomic E-state index is 13.3. The number of carbonyl (C=O) groups is 1. The van der Waals surface area contributed by atoms with E-state index in [1.54, 1.807) is 6.08 Å². The minimum Gasteiger partial charge on any atom is -0.506 e. The first-order valence-corrected chi connectivity index (χ1v) is 5.57. The summed E-state index contributed by atoms with van der Waals surface area (Å²) >= 11 is 0. The van der Waals surface area contributed by atoms with Crippen LogP contribution in [0.3, 0.4) is 0 Å². The lowest BCUT2D eigenvalue weighted by molar-refractivity contribution is 0.0693. The molecule has 0 amide bonds. The lowest BCUT2D eigenvalue weighted by atomic mass is 10.1. The zero-order valence-corrected chi connectivity index (χ0v) is 9.88. The number of carboxylic acids is 1. The first kappa shape index (κ1) is 12.8. The van der Waals surface area contributed by atoms with Crippen molar-refractivity contribution in [2.24, 2.45) is 0 Å². The molecule has 0 radical (unpaired) electrons. The number of phenols is 1. The quantitative estimate of drug-likeness (QED) is 0.829. The van der Waals surface area contributed by atoms with Gasteiger partial charge in [0.15, 0.2) is 0 Å². The highest BCUT2D eigenvalue weighted by molar-refractivity contribution is 5.93. The van der Waals surface area contributed by atoms with Crippen LogP contribution in [0.4, 0.5) is 4.39 Å². The molecule has 3 nitrogen and oxygen atoms in total. The van der Waals surface area contributed by atoms with E-state index in [-0.39, 0.29) is 5.56 Å². The molecule has 0 atom stereocenters. The van der Waals surface area contributed by atoms with Gasteiger partial charge in [0.1, 0.15) is 17.1 Å². The Labute approximate surface area is 109 Å². The summed E-state index contributed by atoms with van der Waals surface area (Å²) in [5, 5.41) is 18.6. The molecule has 0 heterocycles. The van der Waals surface area contributed by atoms with Gasteiger partial charge in [0.05, 0.1) is 0 Å². The highest BCUT2D eigenvalue weighted by Crippen LogP contribution is 2.26. The maximum absolute atomic E-state index is 13.3. The van der Waals surface area contributed by atoms with Crippen molar-refractivity contribution in [2.45, 2.75) is 0 Å². The summed E-state index contributed by atoms with van der Waals surface area (Å²) in [6.45, 7) is 0. The predicted octanol–water partition coefficient (Wildman–Crippen LogP) is 3.40. The maximum Gasteiger partial charge on any atom is 0.339 e. The van der Waals surface area contributed by atoms with E-state index < -0.39 is 23.1 Å². The average molecular weight is 258 g/mol. The first-order chi connectivity index (χ1) is 9.08. The van der Waals surface area contributed by atoms with Gasteiger partial charge in [-0.15, -0.1) is 0 Å². The molecule has 19 heavy (non-hydrogen) atoms. The van der Waals surface area contributed by atoms with Gasteiger partial charge in [-0.25, -0.2) is 9.18 Å². The zero-order valence-electron chi connectivity index (χ0n) is 9.88. The predicted molar refractivity (Wildman–Crippen MR) is 70.4 cm³/mol. The molecule has 0 spiro atoms. The molecule has 0 bridgehead atoms. The molecule has 0 unspecified atom stereocenters. The van der Waals surface area contributed by atoms with Crippen LogP contribution in [0.25, 0.3) is 12.2 Å². The fourth-order valence-corrected chi connectivity index (χ4v) is 1.66. The molecule has 2 N–H and O–H groups in total. The van der Waals surface area contributed by atoms with Gasteiger partial charge in [0.25, 0.3) is 0 Å². The molecule has 2 rings (SSSR count). The van der Waals surface area contributed by atoms with Gasteiger partial charge in [-0.3, -0.25) is 0 Å². The minimum atomic E-state index is -1.37. The Balaban J connectivity index is 2.41. The molecule has 0 saturated carbocycles. The summed E-state index contributed by atoms with van der Waals surface area (Å²) in [6, 6.07) is 11.1. The van der Waals surface area contributed by atoms with Crippen molar-refractivity contribution in [3.8, 4) is 5.75 Å². The van der Waals surface area contributed by atoms with E-state index in [9.17, 15) is 14.3 Å². The summed E-state index contributed by atoms with van der Waals surface area (Å²) in [5.74, 6) is -2.52. The molecule has 0 fully saturated rings. The molecule has 4 heteroatoms. The monoisotopic (exact) mass is 258 g/mol. The number of aromatic carboxylic acids is 1. The number of rotatable bonds is 3. The highest BCUT2D eigenvalue weighted by atomic mass is 19.1. The van der Waals surface area contributed by atoms with Crippen LogP contribution in [-0.4, -0.2) is 16.2 Å². The summed E-state index contributed by atoms with van der Waals surface area (Å²) in [5.41, 5.74) is 0.539. The SMILES string of the molecule is O=C(O)c1cc(F)cc(C=Cc2ccccc2)c1O. The summed E-state index contributed by atoms with van der Waals surface area (Å²) in [7, 11) is 0. The summed E-state index contributed by atoms with van der Waals surface area (Å²) in [4.78, 5) is 10.8. The van der Waals surface area contributed by atoms with Gasteiger partial charge in [0, 0.05) is 5.56 Å². The molecule has 0 aromatic heterocycles. The molecule has 0 aliphatic rings. The van der Waals surface area contributed by atoms with Crippen molar-refractivity contribution < 1.29 is 19.4 Å². The smallest absolute Gasteiger partial charge is 0.339 e. The van der Waals surface area contributed by atoms with Crippen molar-refractivity contribution in [1.29, 1.82) is 0 Å². The van der Waals surface area contributed by atoms with E-state index in [0.29, 0.717) is 0 Å². The van der Waals surface area contributed by atoms with Crippen LogP contribution < -0.4 is 0 Å². The van der Waals surface area contributed by atoms with Crippen molar-refractivity contribution in [1.82, 2.24) is 0 Å². The zero-order chi connectivity index (χ0) is 13.8. The largest absolute Gasteiger partial charge is 0.506 e. The van der Waals surface area contributed by atoms with Crippen molar-refractivity contribution in [3.05, 3.63) is 65.0 Å². The van der Waals surface area contributed by atoms with E-state index in [1.165, 1.54) is 6.08 Å². The Kier molecular flexibility index (Phi) is 3.61. The fourth-order valence-electron chi connectivity index (χ4n) is 1.66. The number of halogens is 1. The lowest BCUT2D eigenvalue weighted by Crippen LogP contribution is -1.99. The van der Waals surface area contributed by atoms with Crippen LogP contribution >= 0.6 is 0 Å². The van der Waals surface area contributed by atoms with E-state index in [1.807, 2.05) is 30.3 Å². The molecule has 0 aliphatic carbocycles. The molecule has 0 saturated heterocycles. The Bertz CT molecular complexity index is 633. The minimum absolute atomic E-state index is 0.126. The van der Waals surface area contributed by atoms with E-state index in [4.69, 9.17) is 5.11 Å². The lowest BCUT2D eigenvalue weighted by Gasteiger charge is -2.04. The van der Waals surface area contributed by atoms with Crippen LogP contribution in [0, 0.1) is 5.82 Å². The fraction of sp³-hybridized carbons (Fsp3) is 0. The standard InChI is InChI=1S/C15H11FO3/c16-12-8-11(14(17)13(9-12)15(18)19)7-6-10-4-2-1-3-5-10/h1-9,17H,(H,18,19). The number of carboxylic acid groups (broad SMARTS) is 1. The molecule has 0 aliphatic heterocycles. The van der Waals surface area contributed by atoms with Gasteiger partial charge < -0.3 is 10.2 Å². The highest BCUT2D eigenvalue weighted by Gasteiger charge is 2.14. The second kappa shape index (κ2) is 5.35. The third-order valence-electron chi connectivity index (χ3n) is 2.59. The molecule has 96 valence electrons. The second-order valence-corrected chi connectivity index (χ2v) is 3.94. The Hall–Kier alpha value is -2.62. The van der Waals surface area contributed by atoms with Crippen molar-refractivity contribution >= 4 is 18.1 Å². The van der Waals surface area contributed by atoms with Crippen LogP contribution in [0.5, 0.6) is 5.75 Å². The van der Waals surface area contributed by atoms with E-state index in [0.717, 1.165) is 17.7 Å². The van der Waals surface area contributed by atoms with Crippen LogP contribution in [-0.2, 0) is 0 Å². The summed E-state index contributed by atoms with van der Waals surface area (Å²) < 4.78 is 13.3. The molecular weight excluding hydrogens is 247 g/mol. The number of hydrogen-bond donors (Lipinski definition) is 2.